The van der Waals surface area contributed by atoms with Gasteiger partial charge in [0.2, 0.25) is 5.91 Å². The van der Waals surface area contributed by atoms with Gasteiger partial charge in [0.1, 0.15) is 4.99 Å². The molecule has 0 saturated heterocycles. The number of hydrogen-bond acceptors (Lipinski definition) is 2. The lowest BCUT2D eigenvalue weighted by Crippen LogP contribution is -2.22. The molecule has 1 amide bonds. The van der Waals surface area contributed by atoms with E-state index in [4.69, 9.17) is 29.6 Å². The van der Waals surface area contributed by atoms with Crippen molar-refractivity contribution in [3.05, 3.63) is 28.8 Å². The summed E-state index contributed by atoms with van der Waals surface area (Å²) in [4.78, 5) is 12.4. The largest absolute Gasteiger partial charge is 0.389 e. The van der Waals surface area contributed by atoms with Gasteiger partial charge in [-0.05, 0) is 49.3 Å². The molecule has 2 fully saturated rings. The summed E-state index contributed by atoms with van der Waals surface area (Å²) >= 11 is 11.0. The summed E-state index contributed by atoms with van der Waals surface area (Å²) in [5, 5.41) is 3.38. The van der Waals surface area contributed by atoms with Gasteiger partial charge in [-0.25, -0.2) is 0 Å². The minimum atomic E-state index is 0.0807. The predicted molar refractivity (Wildman–Crippen MR) is 80.3 cm³/mol. The Kier molecular flexibility index (Phi) is 3.23. The monoisotopic (exact) mass is 294 g/mol. The molecule has 19 heavy (non-hydrogen) atoms. The van der Waals surface area contributed by atoms with Gasteiger partial charge in [0, 0.05) is 11.5 Å². The lowest BCUT2D eigenvalue weighted by Gasteiger charge is -2.13. The number of hydrogen-bond donors (Lipinski definition) is 2. The topological polar surface area (TPSA) is 55.1 Å². The van der Waals surface area contributed by atoms with E-state index in [1.807, 2.05) is 0 Å². The Labute approximate surface area is 122 Å². The Balaban J connectivity index is 1.69. The van der Waals surface area contributed by atoms with Crippen LogP contribution >= 0.6 is 23.8 Å². The van der Waals surface area contributed by atoms with Crippen molar-refractivity contribution < 1.29 is 4.79 Å². The summed E-state index contributed by atoms with van der Waals surface area (Å²) in [6.45, 7) is 0. The molecular formula is C14H15ClN2OS. The second-order valence-corrected chi connectivity index (χ2v) is 6.32. The Hall–Kier alpha value is -1.13. The number of rotatable bonds is 3. The van der Waals surface area contributed by atoms with Crippen molar-refractivity contribution in [2.45, 2.75) is 19.3 Å². The van der Waals surface area contributed by atoms with E-state index in [1.54, 1.807) is 18.2 Å². The van der Waals surface area contributed by atoms with Gasteiger partial charge in [-0.3, -0.25) is 4.79 Å². The zero-order chi connectivity index (χ0) is 13.6. The van der Waals surface area contributed by atoms with Crippen molar-refractivity contribution in [2.75, 3.05) is 5.32 Å². The molecule has 3 N–H and O–H groups in total. The SMILES string of the molecule is NC(=S)c1ccc(NC(=O)C2CC3CC3C2)c(Cl)c1. The molecule has 0 bridgehead atoms. The summed E-state index contributed by atoms with van der Waals surface area (Å²) in [5.74, 6) is 1.82. The van der Waals surface area contributed by atoms with E-state index in [0.717, 1.165) is 24.7 Å². The first-order valence-corrected chi connectivity index (χ1v) is 7.23. The summed E-state index contributed by atoms with van der Waals surface area (Å²) in [7, 11) is 0. The molecule has 0 spiro atoms. The molecule has 2 unspecified atom stereocenters. The summed E-state index contributed by atoms with van der Waals surface area (Å²) < 4.78 is 0. The molecule has 0 heterocycles. The van der Waals surface area contributed by atoms with Crippen molar-refractivity contribution in [1.82, 2.24) is 0 Å². The maximum atomic E-state index is 12.1. The van der Waals surface area contributed by atoms with Gasteiger partial charge in [0.15, 0.2) is 0 Å². The van der Waals surface area contributed by atoms with E-state index in [9.17, 15) is 4.79 Å². The second kappa shape index (κ2) is 4.76. The number of thiocarbonyl (C=S) groups is 1. The summed E-state index contributed by atoms with van der Waals surface area (Å²) in [6, 6.07) is 5.21. The number of anilines is 1. The van der Waals surface area contributed by atoms with E-state index >= 15 is 0 Å². The predicted octanol–water partition coefficient (Wildman–Crippen LogP) is 2.96. The van der Waals surface area contributed by atoms with Gasteiger partial charge in [-0.1, -0.05) is 23.8 Å². The maximum absolute atomic E-state index is 12.1. The highest BCUT2D eigenvalue weighted by atomic mass is 35.5. The van der Waals surface area contributed by atoms with Crippen molar-refractivity contribution in [1.29, 1.82) is 0 Å². The first kappa shape index (κ1) is 12.9. The molecule has 100 valence electrons. The third-order valence-corrected chi connectivity index (χ3v) is 4.67. The molecule has 0 aliphatic heterocycles. The van der Waals surface area contributed by atoms with Crippen LogP contribution in [0.25, 0.3) is 0 Å². The van der Waals surface area contributed by atoms with Crippen molar-refractivity contribution in [2.24, 2.45) is 23.5 Å². The molecule has 5 heteroatoms. The van der Waals surface area contributed by atoms with Gasteiger partial charge in [-0.15, -0.1) is 0 Å². The fourth-order valence-corrected chi connectivity index (χ4v) is 3.29. The Bertz CT molecular complexity index is 550. The number of carbonyl (C=O) groups is 1. The lowest BCUT2D eigenvalue weighted by atomic mass is 10.0. The zero-order valence-electron chi connectivity index (χ0n) is 10.4. The normalized spacial score (nSPS) is 27.7. The zero-order valence-corrected chi connectivity index (χ0v) is 11.9. The molecule has 2 aliphatic carbocycles. The highest BCUT2D eigenvalue weighted by molar-refractivity contribution is 7.80. The molecule has 0 radical (unpaired) electrons. The number of nitrogens with one attached hydrogen (secondary N) is 1. The molecule has 2 aliphatic rings. The van der Waals surface area contributed by atoms with Crippen LogP contribution in [0.3, 0.4) is 0 Å². The molecule has 3 rings (SSSR count). The van der Waals surface area contributed by atoms with Crippen molar-refractivity contribution >= 4 is 40.4 Å². The van der Waals surface area contributed by atoms with Crippen LogP contribution in [-0.2, 0) is 4.79 Å². The first-order valence-electron chi connectivity index (χ1n) is 6.45. The van der Waals surface area contributed by atoms with Gasteiger partial charge in [0.25, 0.3) is 0 Å². The number of fused-ring (bicyclic) bond motifs is 1. The Morgan fingerprint density at radius 3 is 2.58 bits per heavy atom. The molecule has 1 aromatic rings. The molecule has 2 saturated carbocycles. The quantitative estimate of drug-likeness (QED) is 0.843. The van der Waals surface area contributed by atoms with E-state index in [1.165, 1.54) is 6.42 Å². The number of benzene rings is 1. The van der Waals surface area contributed by atoms with Crippen molar-refractivity contribution in [3.8, 4) is 0 Å². The third-order valence-electron chi connectivity index (χ3n) is 4.13. The average molecular weight is 295 g/mol. The Morgan fingerprint density at radius 1 is 1.32 bits per heavy atom. The first-order chi connectivity index (χ1) is 9.04. The van der Waals surface area contributed by atoms with Crippen LogP contribution in [0, 0.1) is 17.8 Å². The molecule has 3 nitrogen and oxygen atoms in total. The highest BCUT2D eigenvalue weighted by Crippen LogP contribution is 2.54. The van der Waals surface area contributed by atoms with Crippen LogP contribution in [-0.4, -0.2) is 10.9 Å². The fraction of sp³-hybridized carbons (Fsp3) is 0.429. The van der Waals surface area contributed by atoms with Gasteiger partial charge >= 0.3 is 0 Å². The lowest BCUT2D eigenvalue weighted by molar-refractivity contribution is -0.120. The third kappa shape index (κ3) is 2.60. The van der Waals surface area contributed by atoms with Gasteiger partial charge in [0.05, 0.1) is 10.7 Å². The van der Waals surface area contributed by atoms with E-state index < -0.39 is 0 Å². The van der Waals surface area contributed by atoms with Gasteiger partial charge in [-0.2, -0.15) is 0 Å². The van der Waals surface area contributed by atoms with E-state index in [2.05, 4.69) is 5.32 Å². The van der Waals surface area contributed by atoms with Gasteiger partial charge < -0.3 is 11.1 Å². The molecule has 1 aromatic carbocycles. The van der Waals surface area contributed by atoms with Crippen LogP contribution in [0.4, 0.5) is 5.69 Å². The van der Waals surface area contributed by atoms with Crippen molar-refractivity contribution in [3.63, 3.8) is 0 Å². The summed E-state index contributed by atoms with van der Waals surface area (Å²) in [5.41, 5.74) is 6.88. The van der Waals surface area contributed by atoms with Crippen LogP contribution in [0.15, 0.2) is 18.2 Å². The minimum absolute atomic E-state index is 0.0807. The molecule has 0 aromatic heterocycles. The molecular weight excluding hydrogens is 280 g/mol. The number of nitrogens with two attached hydrogens (primary N) is 1. The Morgan fingerprint density at radius 2 is 2.00 bits per heavy atom. The summed E-state index contributed by atoms with van der Waals surface area (Å²) in [6.07, 6.45) is 3.37. The fourth-order valence-electron chi connectivity index (χ4n) is 2.93. The second-order valence-electron chi connectivity index (χ2n) is 5.47. The average Bonchev–Trinajstić information content (AvgIpc) is 2.98. The van der Waals surface area contributed by atoms with E-state index in [0.29, 0.717) is 21.3 Å². The standard InChI is InChI=1S/C14H15ClN2OS/c15-11-6-7(13(16)19)1-2-12(11)17-14(18)10-4-8-3-9(8)5-10/h1-2,6,8-10H,3-5H2,(H2,16,19)(H,17,18). The number of halogens is 1. The number of amides is 1. The highest BCUT2D eigenvalue weighted by Gasteiger charge is 2.48. The molecule has 2 atom stereocenters. The maximum Gasteiger partial charge on any atom is 0.227 e. The van der Waals surface area contributed by atoms with Crippen LogP contribution in [0.2, 0.25) is 5.02 Å². The smallest absolute Gasteiger partial charge is 0.227 e. The van der Waals surface area contributed by atoms with Crippen LogP contribution in [0.1, 0.15) is 24.8 Å². The van der Waals surface area contributed by atoms with E-state index in [-0.39, 0.29) is 11.8 Å². The number of carbonyl (C=O) groups excluding carboxylic acids is 1. The van der Waals surface area contributed by atoms with Crippen LogP contribution < -0.4 is 11.1 Å². The minimum Gasteiger partial charge on any atom is -0.389 e. The van der Waals surface area contributed by atoms with Crippen LogP contribution in [0.5, 0.6) is 0 Å².